The number of carbonyl (C=O) groups is 1. The zero-order valence-electron chi connectivity index (χ0n) is 24.2. The lowest BCUT2D eigenvalue weighted by atomic mass is 9.73. The van der Waals surface area contributed by atoms with Crippen LogP contribution in [0.25, 0.3) is 11.3 Å². The Kier molecular flexibility index (Phi) is 8.12. The summed E-state index contributed by atoms with van der Waals surface area (Å²) in [5, 5.41) is 9.60. The summed E-state index contributed by atoms with van der Waals surface area (Å²) in [4.78, 5) is 20.5. The first-order valence-corrected chi connectivity index (χ1v) is 17.4. The van der Waals surface area contributed by atoms with E-state index in [-0.39, 0.29) is 54.3 Å². The third kappa shape index (κ3) is 6.50. The minimum absolute atomic E-state index is 0.0439. The Morgan fingerprint density at radius 1 is 1.02 bits per heavy atom. The Morgan fingerprint density at radius 2 is 1.67 bits per heavy atom. The molecular formula is C32H38F3N3O4S. The summed E-state index contributed by atoms with van der Waals surface area (Å²) in [5.41, 5.74) is 1.81. The summed E-state index contributed by atoms with van der Waals surface area (Å²) >= 11 is 0. The highest BCUT2D eigenvalue weighted by atomic mass is 32.2. The molecule has 0 spiro atoms. The van der Waals surface area contributed by atoms with Gasteiger partial charge >= 0.3 is 6.18 Å². The fourth-order valence-corrected chi connectivity index (χ4v) is 8.43. The largest absolute Gasteiger partial charge is 0.444 e. The van der Waals surface area contributed by atoms with Crippen molar-refractivity contribution in [2.24, 2.45) is 17.3 Å². The summed E-state index contributed by atoms with van der Waals surface area (Å²) in [6.45, 7) is 0.857. The number of nitrogens with zero attached hydrogens (tertiary/aromatic N) is 3. The molecule has 232 valence electrons. The molecule has 7 nitrogen and oxygen atoms in total. The number of nitriles is 1. The summed E-state index contributed by atoms with van der Waals surface area (Å²) in [7, 11) is -3.01. The van der Waals surface area contributed by atoms with Crippen molar-refractivity contribution in [2.45, 2.75) is 88.6 Å². The maximum atomic E-state index is 13.6. The summed E-state index contributed by atoms with van der Waals surface area (Å²) in [6, 6.07) is 10.1. The van der Waals surface area contributed by atoms with Crippen LogP contribution in [0.4, 0.5) is 18.9 Å². The second kappa shape index (κ2) is 11.6. The molecular weight excluding hydrogens is 579 g/mol. The van der Waals surface area contributed by atoms with E-state index >= 15 is 0 Å². The SMILES string of the molecule is N#CC1(CC(=O)[C@@H]2CCCC[C@H]2c2oc(C3CCC(C(F)(F)F)CC3)nc2-c2ccc(N3CCS(=O)(=O)CC3)cc2)CC1. The molecule has 3 aliphatic carbocycles. The lowest BCUT2D eigenvalue weighted by Crippen LogP contribution is -2.40. The molecule has 0 radical (unpaired) electrons. The average Bonchev–Trinajstić information content (AvgIpc) is 3.63. The number of sulfone groups is 1. The van der Waals surface area contributed by atoms with Gasteiger partial charge in [-0.2, -0.15) is 18.4 Å². The third-order valence-corrected chi connectivity index (χ3v) is 11.8. The van der Waals surface area contributed by atoms with Crippen molar-refractivity contribution in [2.75, 3.05) is 29.5 Å². The quantitative estimate of drug-likeness (QED) is 0.331. The number of alkyl halides is 3. The van der Waals surface area contributed by atoms with Gasteiger partial charge in [0.25, 0.3) is 0 Å². The average molecular weight is 618 g/mol. The van der Waals surface area contributed by atoms with E-state index in [0.29, 0.717) is 49.7 Å². The van der Waals surface area contributed by atoms with Crippen molar-refractivity contribution in [1.29, 1.82) is 5.26 Å². The highest BCUT2D eigenvalue weighted by Gasteiger charge is 2.48. The molecule has 0 amide bonds. The standard InChI is InChI=1S/C32H38F3N3O4S/c33-32(34,35)23-9-5-22(6-10-23)30-37-28(21-7-11-24(12-8-21)38-15-17-43(40,41)18-16-38)29(42-30)26-4-2-1-3-25(26)27(39)19-31(20-36)13-14-31/h7-8,11-12,22-23,25-26H,1-6,9-10,13-19H2/t22?,23?,25-,26-/m1/s1. The van der Waals surface area contributed by atoms with Crippen molar-refractivity contribution in [3.8, 4) is 17.3 Å². The van der Waals surface area contributed by atoms with Crippen LogP contribution in [-0.4, -0.2) is 50.0 Å². The van der Waals surface area contributed by atoms with Crippen LogP contribution < -0.4 is 4.90 Å². The number of carbonyl (C=O) groups excluding carboxylic acids is 1. The number of hydrogen-bond acceptors (Lipinski definition) is 7. The number of Topliss-reactive ketones (excluding diaryl/α,β-unsaturated/α-hetero) is 1. The maximum Gasteiger partial charge on any atom is 0.391 e. The second-order valence-electron chi connectivity index (χ2n) is 13.1. The van der Waals surface area contributed by atoms with E-state index in [1.165, 1.54) is 0 Å². The molecule has 2 atom stereocenters. The molecule has 0 bridgehead atoms. The van der Waals surface area contributed by atoms with Gasteiger partial charge in [0.15, 0.2) is 15.7 Å². The minimum atomic E-state index is -4.20. The Hall–Kier alpha value is -2.87. The van der Waals surface area contributed by atoms with Gasteiger partial charge in [0, 0.05) is 48.5 Å². The molecule has 0 unspecified atom stereocenters. The van der Waals surface area contributed by atoms with Crippen LogP contribution in [0.3, 0.4) is 0 Å². The minimum Gasteiger partial charge on any atom is -0.444 e. The van der Waals surface area contributed by atoms with E-state index in [1.54, 1.807) is 0 Å². The van der Waals surface area contributed by atoms with Crippen LogP contribution >= 0.6 is 0 Å². The lowest BCUT2D eigenvalue weighted by molar-refractivity contribution is -0.182. The normalized spacial score (nSPS) is 28.7. The van der Waals surface area contributed by atoms with E-state index < -0.39 is 27.3 Å². The number of oxazole rings is 1. The Bertz CT molecular complexity index is 1470. The Labute approximate surface area is 250 Å². The number of ketones is 1. The predicted molar refractivity (Wildman–Crippen MR) is 155 cm³/mol. The molecule has 6 rings (SSSR count). The van der Waals surface area contributed by atoms with Crippen molar-refractivity contribution in [3.63, 3.8) is 0 Å². The van der Waals surface area contributed by atoms with Gasteiger partial charge in [-0.25, -0.2) is 13.4 Å². The van der Waals surface area contributed by atoms with Gasteiger partial charge in [0.1, 0.15) is 17.2 Å². The van der Waals surface area contributed by atoms with Crippen LogP contribution in [0.5, 0.6) is 0 Å². The topological polar surface area (TPSA) is 104 Å². The molecule has 2 heterocycles. The molecule has 43 heavy (non-hydrogen) atoms. The molecule has 1 saturated heterocycles. The molecule has 1 aliphatic heterocycles. The zero-order valence-corrected chi connectivity index (χ0v) is 25.1. The summed E-state index contributed by atoms with van der Waals surface area (Å²) in [5.74, 6) is -0.600. The van der Waals surface area contributed by atoms with Gasteiger partial charge < -0.3 is 9.32 Å². The predicted octanol–water partition coefficient (Wildman–Crippen LogP) is 6.95. The number of halogens is 3. The van der Waals surface area contributed by atoms with Gasteiger partial charge in [0.05, 0.1) is 28.9 Å². The first-order chi connectivity index (χ1) is 20.5. The zero-order chi connectivity index (χ0) is 30.4. The van der Waals surface area contributed by atoms with Crippen LogP contribution in [-0.2, 0) is 14.6 Å². The van der Waals surface area contributed by atoms with Crippen molar-refractivity contribution in [3.05, 3.63) is 35.9 Å². The van der Waals surface area contributed by atoms with Crippen LogP contribution in [0.2, 0.25) is 0 Å². The molecule has 11 heteroatoms. The van der Waals surface area contributed by atoms with Crippen LogP contribution in [0.15, 0.2) is 28.7 Å². The van der Waals surface area contributed by atoms with Gasteiger partial charge in [-0.3, -0.25) is 4.79 Å². The fourth-order valence-electron chi connectivity index (χ4n) is 7.22. The number of benzene rings is 1. The van der Waals surface area contributed by atoms with Gasteiger partial charge in [-0.1, -0.05) is 25.0 Å². The number of rotatable bonds is 7. The van der Waals surface area contributed by atoms with Crippen molar-refractivity contribution >= 4 is 21.3 Å². The van der Waals surface area contributed by atoms with Crippen molar-refractivity contribution in [1.82, 2.24) is 4.98 Å². The number of hydrogen-bond donors (Lipinski definition) is 0. The van der Waals surface area contributed by atoms with Crippen molar-refractivity contribution < 1.29 is 30.8 Å². The molecule has 2 aromatic rings. The van der Waals surface area contributed by atoms with Gasteiger partial charge in [0.2, 0.25) is 0 Å². The molecule has 1 aromatic heterocycles. The van der Waals surface area contributed by atoms with E-state index in [9.17, 15) is 31.6 Å². The monoisotopic (exact) mass is 617 g/mol. The van der Waals surface area contributed by atoms with Gasteiger partial charge in [-0.05, 0) is 63.5 Å². The van der Waals surface area contributed by atoms with E-state index in [2.05, 4.69) is 6.07 Å². The van der Waals surface area contributed by atoms with Crippen LogP contribution in [0.1, 0.15) is 94.1 Å². The van der Waals surface area contributed by atoms with E-state index in [1.807, 2.05) is 29.2 Å². The summed E-state index contributed by atoms with van der Waals surface area (Å²) in [6.07, 6.45) is 1.65. The highest BCUT2D eigenvalue weighted by molar-refractivity contribution is 7.91. The Morgan fingerprint density at radius 3 is 2.28 bits per heavy atom. The maximum absolute atomic E-state index is 13.6. The first-order valence-electron chi connectivity index (χ1n) is 15.5. The second-order valence-corrected chi connectivity index (χ2v) is 15.4. The smallest absolute Gasteiger partial charge is 0.391 e. The number of aromatic nitrogens is 1. The van der Waals surface area contributed by atoms with Crippen LogP contribution in [0, 0.1) is 28.6 Å². The van der Waals surface area contributed by atoms with Gasteiger partial charge in [-0.15, -0.1) is 0 Å². The summed E-state index contributed by atoms with van der Waals surface area (Å²) < 4.78 is 70.3. The number of anilines is 1. The molecule has 3 saturated carbocycles. The highest BCUT2D eigenvalue weighted by Crippen LogP contribution is 2.52. The fraction of sp³-hybridized carbons (Fsp3) is 0.656. The molecule has 4 fully saturated rings. The van der Waals surface area contributed by atoms with E-state index in [4.69, 9.17) is 9.40 Å². The third-order valence-electron chi connectivity index (χ3n) is 10.2. The molecule has 1 aromatic carbocycles. The first kappa shape index (κ1) is 30.2. The Balaban J connectivity index is 1.30. The van der Waals surface area contributed by atoms with E-state index in [0.717, 1.165) is 43.4 Å². The molecule has 4 aliphatic rings. The molecule has 0 N–H and O–H groups in total. The lowest BCUT2D eigenvalue weighted by Gasteiger charge is -2.30.